The minimum Gasteiger partial charge on any atom is -0.481 e. The summed E-state index contributed by atoms with van der Waals surface area (Å²) in [6.07, 6.45) is 0.712. The summed E-state index contributed by atoms with van der Waals surface area (Å²) in [7, 11) is 0. The van der Waals surface area contributed by atoms with Crippen molar-refractivity contribution in [3.8, 4) is 0 Å². The normalized spacial score (nSPS) is 10.1. The zero-order chi connectivity index (χ0) is 13.5. The van der Waals surface area contributed by atoms with Crippen LogP contribution < -0.4 is 0 Å². The maximum atomic E-state index is 11.3. The number of hydrogen-bond acceptors (Lipinski definition) is 3. The van der Waals surface area contributed by atoms with Gasteiger partial charge in [0.2, 0.25) is 0 Å². The second kappa shape index (κ2) is 7.16. The molecule has 98 valence electrons. The molecule has 0 amide bonds. The zero-order valence-electron chi connectivity index (χ0n) is 10.1. The maximum absolute atomic E-state index is 11.3. The highest BCUT2D eigenvalue weighted by Gasteiger charge is 2.10. The molecular weight excluding hydrogens is 300 g/mol. The number of aliphatic carboxylic acids is 1. The van der Waals surface area contributed by atoms with E-state index in [4.69, 9.17) is 9.84 Å². The molecular formula is C13H15BrO4. The van der Waals surface area contributed by atoms with Gasteiger partial charge in [-0.05, 0) is 36.6 Å². The average molecular weight is 315 g/mol. The fraction of sp³-hybridized carbons (Fsp3) is 0.385. The predicted molar refractivity (Wildman–Crippen MR) is 70.4 cm³/mol. The minimum absolute atomic E-state index is 0.0363. The molecule has 1 aromatic rings. The quantitative estimate of drug-likeness (QED) is 0.820. The Balaban J connectivity index is 2.75. The van der Waals surface area contributed by atoms with Crippen LogP contribution in [0.1, 0.15) is 24.5 Å². The summed E-state index contributed by atoms with van der Waals surface area (Å²) in [4.78, 5) is 22.0. The molecule has 0 heterocycles. The topological polar surface area (TPSA) is 63.6 Å². The van der Waals surface area contributed by atoms with Gasteiger partial charge in [-0.3, -0.25) is 9.59 Å². The monoisotopic (exact) mass is 314 g/mol. The number of hydrogen-bond donors (Lipinski definition) is 1. The molecule has 0 atom stereocenters. The fourth-order valence-electron chi connectivity index (χ4n) is 1.63. The van der Waals surface area contributed by atoms with E-state index in [9.17, 15) is 9.59 Å². The lowest BCUT2D eigenvalue weighted by Crippen LogP contribution is -2.08. The molecule has 0 bridgehead atoms. The highest BCUT2D eigenvalue weighted by molar-refractivity contribution is 9.10. The SMILES string of the molecule is CCOC(=O)CCc1cc(Br)ccc1CC(=O)O. The third-order valence-electron chi connectivity index (χ3n) is 2.41. The van der Waals surface area contributed by atoms with Crippen LogP contribution in [0.25, 0.3) is 0 Å². The van der Waals surface area contributed by atoms with Crippen molar-refractivity contribution in [3.63, 3.8) is 0 Å². The average Bonchev–Trinajstić information content (AvgIpc) is 2.29. The summed E-state index contributed by atoms with van der Waals surface area (Å²) in [5.41, 5.74) is 1.59. The molecule has 1 N–H and O–H groups in total. The van der Waals surface area contributed by atoms with Gasteiger partial charge in [0.05, 0.1) is 13.0 Å². The number of benzene rings is 1. The van der Waals surface area contributed by atoms with Gasteiger partial charge in [0, 0.05) is 10.9 Å². The van der Waals surface area contributed by atoms with E-state index in [1.165, 1.54) is 0 Å². The first-order valence-corrected chi connectivity index (χ1v) is 6.47. The van der Waals surface area contributed by atoms with Gasteiger partial charge in [0.15, 0.2) is 0 Å². The summed E-state index contributed by atoms with van der Waals surface area (Å²) < 4.78 is 5.72. The summed E-state index contributed by atoms with van der Waals surface area (Å²) in [5, 5.41) is 8.82. The van der Waals surface area contributed by atoms with E-state index >= 15 is 0 Å². The Morgan fingerprint density at radius 1 is 1.33 bits per heavy atom. The Labute approximate surface area is 114 Å². The van der Waals surface area contributed by atoms with Crippen molar-refractivity contribution in [2.45, 2.75) is 26.2 Å². The van der Waals surface area contributed by atoms with Crippen LogP contribution >= 0.6 is 15.9 Å². The molecule has 0 aliphatic rings. The Kier molecular flexibility index (Phi) is 5.85. The lowest BCUT2D eigenvalue weighted by Gasteiger charge is -2.08. The van der Waals surface area contributed by atoms with Gasteiger partial charge in [0.1, 0.15) is 0 Å². The molecule has 0 aliphatic heterocycles. The standard InChI is InChI=1S/C13H15BrO4/c1-2-18-13(17)6-4-9-7-11(14)5-3-10(9)8-12(15)16/h3,5,7H,2,4,6,8H2,1H3,(H,15,16). The number of carboxylic acid groups (broad SMARTS) is 1. The van der Waals surface area contributed by atoms with Gasteiger partial charge >= 0.3 is 11.9 Å². The van der Waals surface area contributed by atoms with E-state index in [1.807, 2.05) is 6.07 Å². The molecule has 0 aliphatic carbocycles. The number of carbonyl (C=O) groups excluding carboxylic acids is 1. The van der Waals surface area contributed by atoms with Crippen LogP contribution in [0.2, 0.25) is 0 Å². The van der Waals surface area contributed by atoms with Gasteiger partial charge in [-0.15, -0.1) is 0 Å². The number of aryl methyl sites for hydroxylation is 1. The molecule has 4 nitrogen and oxygen atoms in total. The predicted octanol–water partition coefficient (Wildman–Crippen LogP) is 2.57. The molecule has 0 aromatic heterocycles. The largest absolute Gasteiger partial charge is 0.481 e. The first kappa shape index (κ1) is 14.7. The van der Waals surface area contributed by atoms with Crippen molar-refractivity contribution in [3.05, 3.63) is 33.8 Å². The lowest BCUT2D eigenvalue weighted by molar-refractivity contribution is -0.143. The molecule has 0 saturated carbocycles. The summed E-state index contributed by atoms with van der Waals surface area (Å²) in [6, 6.07) is 5.41. The molecule has 1 aromatic carbocycles. The van der Waals surface area contributed by atoms with Crippen LogP contribution in [0.5, 0.6) is 0 Å². The number of ether oxygens (including phenoxy) is 1. The Morgan fingerprint density at radius 3 is 2.67 bits per heavy atom. The van der Waals surface area contributed by atoms with Crippen molar-refractivity contribution >= 4 is 27.9 Å². The van der Waals surface area contributed by atoms with Crippen molar-refractivity contribution in [1.82, 2.24) is 0 Å². The van der Waals surface area contributed by atoms with E-state index in [2.05, 4.69) is 15.9 Å². The second-order valence-electron chi connectivity index (χ2n) is 3.79. The molecule has 0 saturated heterocycles. The third-order valence-corrected chi connectivity index (χ3v) is 2.91. The highest BCUT2D eigenvalue weighted by Crippen LogP contribution is 2.19. The smallest absolute Gasteiger partial charge is 0.307 e. The maximum Gasteiger partial charge on any atom is 0.307 e. The number of carbonyl (C=O) groups is 2. The lowest BCUT2D eigenvalue weighted by atomic mass is 10.0. The molecule has 5 heteroatoms. The third kappa shape index (κ3) is 4.87. The van der Waals surface area contributed by atoms with Crippen LogP contribution in [-0.2, 0) is 27.2 Å². The molecule has 18 heavy (non-hydrogen) atoms. The second-order valence-corrected chi connectivity index (χ2v) is 4.70. The van der Waals surface area contributed by atoms with Crippen molar-refractivity contribution in [2.75, 3.05) is 6.61 Å². The molecule has 0 unspecified atom stereocenters. The molecule has 0 spiro atoms. The van der Waals surface area contributed by atoms with E-state index in [1.54, 1.807) is 19.1 Å². The van der Waals surface area contributed by atoms with Gasteiger partial charge in [-0.1, -0.05) is 22.0 Å². The van der Waals surface area contributed by atoms with Crippen LogP contribution in [0.3, 0.4) is 0 Å². The number of esters is 1. The first-order chi connectivity index (χ1) is 8.52. The van der Waals surface area contributed by atoms with E-state index in [0.29, 0.717) is 13.0 Å². The van der Waals surface area contributed by atoms with Gasteiger partial charge in [-0.2, -0.15) is 0 Å². The summed E-state index contributed by atoms with van der Waals surface area (Å²) in [6.45, 7) is 2.12. The number of rotatable bonds is 6. The van der Waals surface area contributed by atoms with Crippen LogP contribution in [0, 0.1) is 0 Å². The van der Waals surface area contributed by atoms with Crippen molar-refractivity contribution in [1.29, 1.82) is 0 Å². The molecule has 1 rings (SSSR count). The Morgan fingerprint density at radius 2 is 2.06 bits per heavy atom. The van der Waals surface area contributed by atoms with Crippen LogP contribution in [0.4, 0.5) is 0 Å². The van der Waals surface area contributed by atoms with Crippen LogP contribution in [-0.4, -0.2) is 23.7 Å². The Bertz CT molecular complexity index is 443. The minimum atomic E-state index is -0.880. The van der Waals surface area contributed by atoms with Gasteiger partial charge in [0.25, 0.3) is 0 Å². The van der Waals surface area contributed by atoms with E-state index < -0.39 is 5.97 Å². The van der Waals surface area contributed by atoms with E-state index in [-0.39, 0.29) is 18.8 Å². The molecule has 0 radical (unpaired) electrons. The summed E-state index contributed by atoms with van der Waals surface area (Å²) in [5.74, 6) is -1.14. The van der Waals surface area contributed by atoms with Crippen molar-refractivity contribution in [2.24, 2.45) is 0 Å². The number of carboxylic acids is 1. The van der Waals surface area contributed by atoms with Gasteiger partial charge < -0.3 is 9.84 Å². The Hall–Kier alpha value is -1.36. The fourth-order valence-corrected chi connectivity index (χ4v) is 2.04. The first-order valence-electron chi connectivity index (χ1n) is 5.67. The van der Waals surface area contributed by atoms with Gasteiger partial charge in [-0.25, -0.2) is 0 Å². The van der Waals surface area contributed by atoms with Crippen LogP contribution in [0.15, 0.2) is 22.7 Å². The highest BCUT2D eigenvalue weighted by atomic mass is 79.9. The summed E-state index contributed by atoms with van der Waals surface area (Å²) >= 11 is 3.34. The van der Waals surface area contributed by atoms with E-state index in [0.717, 1.165) is 15.6 Å². The van der Waals surface area contributed by atoms with Crippen molar-refractivity contribution < 1.29 is 19.4 Å². The zero-order valence-corrected chi connectivity index (χ0v) is 11.7. The molecule has 0 fully saturated rings. The number of halogens is 1.